The van der Waals surface area contributed by atoms with Gasteiger partial charge in [0, 0.05) is 12.1 Å². The fraction of sp³-hybridized carbons (Fsp3) is 0.0714. The summed E-state index contributed by atoms with van der Waals surface area (Å²) in [5.41, 5.74) is -0.133. The van der Waals surface area contributed by atoms with E-state index in [0.717, 1.165) is 18.2 Å². The standard InChI is InChI=1S/C14H9Cl2FN2O4/c15-10-3-2-9(19(21)22)6-12(10)18-14(20)7-23-13-4-1-8(17)5-11(13)16/h1-6H,7H2,(H,18,20). The van der Waals surface area contributed by atoms with Gasteiger partial charge in [0.05, 0.1) is 20.7 Å². The highest BCUT2D eigenvalue weighted by Crippen LogP contribution is 2.27. The van der Waals surface area contributed by atoms with Gasteiger partial charge in [-0.1, -0.05) is 23.2 Å². The maximum Gasteiger partial charge on any atom is 0.271 e. The van der Waals surface area contributed by atoms with Crippen LogP contribution in [0.5, 0.6) is 5.75 Å². The van der Waals surface area contributed by atoms with Crippen LogP contribution < -0.4 is 10.1 Å². The molecule has 0 aliphatic rings. The Morgan fingerprint density at radius 1 is 1.22 bits per heavy atom. The fourth-order valence-electron chi connectivity index (χ4n) is 1.64. The Morgan fingerprint density at radius 2 is 1.96 bits per heavy atom. The third-order valence-electron chi connectivity index (χ3n) is 2.69. The summed E-state index contributed by atoms with van der Waals surface area (Å²) in [4.78, 5) is 21.9. The molecule has 0 radical (unpaired) electrons. The maximum atomic E-state index is 12.9. The Morgan fingerprint density at radius 3 is 2.61 bits per heavy atom. The van der Waals surface area contributed by atoms with Crippen molar-refractivity contribution in [1.82, 2.24) is 0 Å². The first-order valence-electron chi connectivity index (χ1n) is 6.18. The van der Waals surface area contributed by atoms with Gasteiger partial charge in [0.15, 0.2) is 6.61 Å². The lowest BCUT2D eigenvalue weighted by molar-refractivity contribution is -0.384. The van der Waals surface area contributed by atoms with E-state index in [1.165, 1.54) is 18.2 Å². The average molecular weight is 359 g/mol. The number of nitro benzene ring substituents is 1. The molecular weight excluding hydrogens is 350 g/mol. The van der Waals surface area contributed by atoms with Crippen LogP contribution in [0.4, 0.5) is 15.8 Å². The molecule has 0 atom stereocenters. The lowest BCUT2D eigenvalue weighted by Gasteiger charge is -2.09. The molecule has 0 saturated heterocycles. The third-order valence-corrected chi connectivity index (χ3v) is 3.31. The molecule has 0 saturated carbocycles. The second-order valence-corrected chi connectivity index (χ2v) is 5.15. The van der Waals surface area contributed by atoms with Crippen LogP contribution >= 0.6 is 23.2 Å². The number of hydrogen-bond donors (Lipinski definition) is 1. The number of ether oxygens (including phenoxy) is 1. The number of nitro groups is 1. The summed E-state index contributed by atoms with van der Waals surface area (Å²) in [7, 11) is 0. The largest absolute Gasteiger partial charge is 0.482 e. The van der Waals surface area contributed by atoms with Crippen LogP contribution in [0.15, 0.2) is 36.4 Å². The molecule has 1 amide bonds. The van der Waals surface area contributed by atoms with Gasteiger partial charge < -0.3 is 10.1 Å². The molecule has 0 bridgehead atoms. The average Bonchev–Trinajstić information content (AvgIpc) is 2.48. The van der Waals surface area contributed by atoms with Crippen molar-refractivity contribution in [1.29, 1.82) is 0 Å². The SMILES string of the molecule is O=C(COc1ccc(F)cc1Cl)Nc1cc([N+](=O)[O-])ccc1Cl. The number of amides is 1. The number of benzene rings is 2. The van der Waals surface area contributed by atoms with Crippen LogP contribution in [0.3, 0.4) is 0 Å². The molecule has 6 nitrogen and oxygen atoms in total. The van der Waals surface area contributed by atoms with Gasteiger partial charge in [-0.05, 0) is 24.3 Å². The van der Waals surface area contributed by atoms with E-state index in [-0.39, 0.29) is 27.2 Å². The lowest BCUT2D eigenvalue weighted by atomic mass is 10.3. The fourth-order valence-corrected chi connectivity index (χ4v) is 2.03. The van der Waals surface area contributed by atoms with E-state index in [2.05, 4.69) is 5.32 Å². The number of nitrogens with one attached hydrogen (secondary N) is 1. The van der Waals surface area contributed by atoms with Crippen LogP contribution in [0.2, 0.25) is 10.0 Å². The first-order valence-corrected chi connectivity index (χ1v) is 6.94. The quantitative estimate of drug-likeness (QED) is 0.645. The van der Waals surface area contributed by atoms with E-state index in [4.69, 9.17) is 27.9 Å². The summed E-state index contributed by atoms with van der Waals surface area (Å²) >= 11 is 11.6. The molecule has 120 valence electrons. The third kappa shape index (κ3) is 4.54. The topological polar surface area (TPSA) is 81.5 Å². The van der Waals surface area contributed by atoms with E-state index in [1.54, 1.807) is 0 Å². The molecular formula is C14H9Cl2FN2O4. The molecule has 0 heterocycles. The minimum absolute atomic E-state index is 0.0196. The second-order valence-electron chi connectivity index (χ2n) is 4.33. The number of halogens is 3. The summed E-state index contributed by atoms with van der Waals surface area (Å²) in [5.74, 6) is -1.00. The number of carbonyl (C=O) groups excluding carboxylic acids is 1. The van der Waals surface area contributed by atoms with Crippen molar-refractivity contribution in [3.05, 3.63) is 62.4 Å². The van der Waals surface area contributed by atoms with Crippen molar-refractivity contribution in [2.75, 3.05) is 11.9 Å². The smallest absolute Gasteiger partial charge is 0.271 e. The van der Waals surface area contributed by atoms with Crippen LogP contribution in [-0.4, -0.2) is 17.4 Å². The first kappa shape index (κ1) is 17.0. The van der Waals surface area contributed by atoms with Crippen molar-refractivity contribution in [2.24, 2.45) is 0 Å². The normalized spacial score (nSPS) is 10.2. The Bertz CT molecular complexity index is 770. The van der Waals surface area contributed by atoms with E-state index in [0.29, 0.717) is 0 Å². The van der Waals surface area contributed by atoms with Crippen molar-refractivity contribution in [2.45, 2.75) is 0 Å². The molecule has 23 heavy (non-hydrogen) atoms. The van der Waals surface area contributed by atoms with Crippen molar-refractivity contribution in [3.8, 4) is 5.75 Å². The minimum atomic E-state index is -0.610. The van der Waals surface area contributed by atoms with Crippen molar-refractivity contribution >= 4 is 40.5 Å². The predicted octanol–water partition coefficient (Wildman–Crippen LogP) is 4.06. The molecule has 0 aliphatic carbocycles. The van der Waals surface area contributed by atoms with Crippen LogP contribution in [0.25, 0.3) is 0 Å². The summed E-state index contributed by atoms with van der Waals surface area (Å²) < 4.78 is 18.0. The van der Waals surface area contributed by atoms with Gasteiger partial charge >= 0.3 is 0 Å². The van der Waals surface area contributed by atoms with Gasteiger partial charge in [0.25, 0.3) is 11.6 Å². The zero-order chi connectivity index (χ0) is 17.0. The predicted molar refractivity (Wildman–Crippen MR) is 83.6 cm³/mol. The number of nitrogens with zero attached hydrogens (tertiary/aromatic N) is 1. The monoisotopic (exact) mass is 358 g/mol. The van der Waals surface area contributed by atoms with Gasteiger partial charge in [-0.3, -0.25) is 14.9 Å². The highest BCUT2D eigenvalue weighted by atomic mass is 35.5. The molecule has 2 rings (SSSR count). The Kier molecular flexibility index (Phi) is 5.36. The summed E-state index contributed by atoms with van der Waals surface area (Å²) in [6.07, 6.45) is 0. The number of carbonyl (C=O) groups is 1. The molecule has 0 unspecified atom stereocenters. The van der Waals surface area contributed by atoms with E-state index >= 15 is 0 Å². The Balaban J connectivity index is 2.02. The molecule has 9 heteroatoms. The molecule has 2 aromatic carbocycles. The molecule has 0 aromatic heterocycles. The van der Waals surface area contributed by atoms with Gasteiger partial charge in [-0.25, -0.2) is 4.39 Å². The first-order chi connectivity index (χ1) is 10.9. The van der Waals surface area contributed by atoms with Crippen molar-refractivity contribution in [3.63, 3.8) is 0 Å². The number of non-ortho nitro benzene ring substituents is 1. The molecule has 1 N–H and O–H groups in total. The highest BCUT2D eigenvalue weighted by Gasteiger charge is 2.13. The van der Waals surface area contributed by atoms with E-state index < -0.39 is 23.3 Å². The highest BCUT2D eigenvalue weighted by molar-refractivity contribution is 6.33. The molecule has 2 aromatic rings. The van der Waals surface area contributed by atoms with Crippen LogP contribution in [0, 0.1) is 15.9 Å². The Hall–Kier alpha value is -2.38. The van der Waals surface area contributed by atoms with Gasteiger partial charge in [0.2, 0.25) is 0 Å². The zero-order valence-corrected chi connectivity index (χ0v) is 12.9. The number of rotatable bonds is 5. The second kappa shape index (κ2) is 7.26. The lowest BCUT2D eigenvalue weighted by Crippen LogP contribution is -2.20. The van der Waals surface area contributed by atoms with E-state index in [9.17, 15) is 19.3 Å². The summed E-state index contributed by atoms with van der Waals surface area (Å²) in [5, 5.41) is 13.3. The molecule has 0 aliphatic heterocycles. The summed E-state index contributed by atoms with van der Waals surface area (Å²) in [6, 6.07) is 7.11. The maximum absolute atomic E-state index is 12.9. The van der Waals surface area contributed by atoms with E-state index in [1.807, 2.05) is 0 Å². The van der Waals surface area contributed by atoms with Gasteiger partial charge in [-0.15, -0.1) is 0 Å². The minimum Gasteiger partial charge on any atom is -0.482 e. The van der Waals surface area contributed by atoms with Crippen molar-refractivity contribution < 1.29 is 18.8 Å². The Labute approximate surface area is 139 Å². The van der Waals surface area contributed by atoms with Crippen LogP contribution in [-0.2, 0) is 4.79 Å². The van der Waals surface area contributed by atoms with Crippen LogP contribution in [0.1, 0.15) is 0 Å². The van der Waals surface area contributed by atoms with Gasteiger partial charge in [0.1, 0.15) is 11.6 Å². The zero-order valence-electron chi connectivity index (χ0n) is 11.4. The molecule has 0 spiro atoms. The van der Waals surface area contributed by atoms with Gasteiger partial charge in [-0.2, -0.15) is 0 Å². The number of anilines is 1. The molecule has 0 fully saturated rings. The number of hydrogen-bond acceptors (Lipinski definition) is 4. The summed E-state index contributed by atoms with van der Waals surface area (Å²) in [6.45, 7) is -0.426.